The normalized spacial score (nSPS) is 24.1. The lowest BCUT2D eigenvalue weighted by molar-refractivity contribution is -0.0915. The smallest absolute Gasteiger partial charge is 0.387 e. The fourth-order valence-electron chi connectivity index (χ4n) is 2.00. The minimum Gasteiger partial charge on any atom is -0.435 e. The molecule has 0 amide bonds. The molecule has 1 fully saturated rings. The lowest BCUT2D eigenvalue weighted by Crippen LogP contribution is -2.28. The summed E-state index contributed by atoms with van der Waals surface area (Å²) in [6.45, 7) is 8.96. The van der Waals surface area contributed by atoms with E-state index in [1.54, 1.807) is 6.08 Å². The predicted molar refractivity (Wildman–Crippen MR) is 65.6 cm³/mol. The molecular weight excluding hydrogens is 222 g/mol. The van der Waals surface area contributed by atoms with Crippen LogP contribution in [0.5, 0.6) is 0 Å². The van der Waals surface area contributed by atoms with Crippen molar-refractivity contribution in [2.24, 2.45) is 17.8 Å². The van der Waals surface area contributed by atoms with Gasteiger partial charge in [-0.2, -0.15) is 8.78 Å². The molecule has 0 bridgehead atoms. The van der Waals surface area contributed by atoms with Crippen LogP contribution in [0.4, 0.5) is 8.78 Å². The first-order valence-electron chi connectivity index (χ1n) is 5.90. The summed E-state index contributed by atoms with van der Waals surface area (Å²) in [5.41, 5.74) is 0.973. The first-order chi connectivity index (χ1) is 7.90. The van der Waals surface area contributed by atoms with Gasteiger partial charge >= 0.3 is 6.61 Å². The van der Waals surface area contributed by atoms with Gasteiger partial charge in [-0.15, -0.1) is 0 Å². The molecule has 0 N–H and O–H groups in total. The standard InChI is InChI=1S/C14H20F2O/c1-9(2)12-7-13(8-12)10(3)5-6-11(4)17-14(15)16/h5-6,9,12-14H,3-4,7-8H2,1-2H3/b6-5-. The zero-order valence-corrected chi connectivity index (χ0v) is 10.5. The second kappa shape index (κ2) is 5.99. The Labute approximate surface area is 102 Å². The van der Waals surface area contributed by atoms with Crippen molar-refractivity contribution >= 4 is 0 Å². The molecule has 17 heavy (non-hydrogen) atoms. The van der Waals surface area contributed by atoms with E-state index < -0.39 is 6.61 Å². The number of halogens is 2. The van der Waals surface area contributed by atoms with Crippen molar-refractivity contribution in [1.29, 1.82) is 0 Å². The van der Waals surface area contributed by atoms with E-state index in [9.17, 15) is 8.78 Å². The Balaban J connectivity index is 2.31. The molecule has 0 aliphatic heterocycles. The summed E-state index contributed by atoms with van der Waals surface area (Å²) in [5, 5.41) is 0. The molecule has 1 aliphatic rings. The first-order valence-corrected chi connectivity index (χ1v) is 5.90. The molecular formula is C14H20F2O. The molecule has 0 radical (unpaired) electrons. The molecule has 0 aromatic carbocycles. The number of allylic oxidation sites excluding steroid dienone is 3. The Morgan fingerprint density at radius 1 is 1.24 bits per heavy atom. The van der Waals surface area contributed by atoms with Crippen molar-refractivity contribution in [1.82, 2.24) is 0 Å². The van der Waals surface area contributed by atoms with Gasteiger partial charge in [0.05, 0.1) is 0 Å². The third kappa shape index (κ3) is 4.33. The van der Waals surface area contributed by atoms with Crippen LogP contribution in [0.3, 0.4) is 0 Å². The Morgan fingerprint density at radius 2 is 1.82 bits per heavy atom. The van der Waals surface area contributed by atoms with Crippen molar-refractivity contribution in [3.05, 3.63) is 36.6 Å². The van der Waals surface area contributed by atoms with E-state index in [2.05, 4.69) is 31.7 Å². The molecule has 0 atom stereocenters. The van der Waals surface area contributed by atoms with Gasteiger partial charge < -0.3 is 4.74 Å². The first kappa shape index (κ1) is 13.9. The Kier molecular flexibility index (Phi) is 4.91. The maximum atomic E-state index is 11.8. The van der Waals surface area contributed by atoms with Gasteiger partial charge in [-0.25, -0.2) is 0 Å². The van der Waals surface area contributed by atoms with Crippen molar-refractivity contribution in [3.63, 3.8) is 0 Å². The van der Waals surface area contributed by atoms with Crippen LogP contribution in [0.15, 0.2) is 36.6 Å². The van der Waals surface area contributed by atoms with Gasteiger partial charge in [0.2, 0.25) is 0 Å². The van der Waals surface area contributed by atoms with E-state index >= 15 is 0 Å². The molecule has 3 heteroatoms. The van der Waals surface area contributed by atoms with Gasteiger partial charge in [-0.3, -0.25) is 0 Å². The summed E-state index contributed by atoms with van der Waals surface area (Å²) in [6.07, 6.45) is 5.47. The molecule has 0 spiro atoms. The number of hydrogen-bond acceptors (Lipinski definition) is 1. The Bertz CT molecular complexity index is 312. The number of hydrogen-bond donors (Lipinski definition) is 0. The summed E-state index contributed by atoms with van der Waals surface area (Å²) < 4.78 is 27.8. The number of rotatable bonds is 6. The molecule has 0 unspecified atom stereocenters. The lowest BCUT2D eigenvalue weighted by atomic mass is 9.67. The fraction of sp³-hybridized carbons (Fsp3) is 0.571. The van der Waals surface area contributed by atoms with Gasteiger partial charge in [-0.05, 0) is 36.7 Å². The highest BCUT2D eigenvalue weighted by atomic mass is 19.3. The molecule has 0 aromatic rings. The van der Waals surface area contributed by atoms with Crippen LogP contribution in [0.25, 0.3) is 0 Å². The lowest BCUT2D eigenvalue weighted by Gasteiger charge is -2.38. The van der Waals surface area contributed by atoms with Crippen LogP contribution < -0.4 is 0 Å². The van der Waals surface area contributed by atoms with Crippen LogP contribution >= 0.6 is 0 Å². The van der Waals surface area contributed by atoms with E-state index in [1.165, 1.54) is 6.08 Å². The van der Waals surface area contributed by atoms with E-state index in [4.69, 9.17) is 0 Å². The second-order valence-corrected chi connectivity index (χ2v) is 4.93. The van der Waals surface area contributed by atoms with Crippen LogP contribution in [-0.4, -0.2) is 6.61 Å². The highest BCUT2D eigenvalue weighted by Crippen LogP contribution is 2.42. The van der Waals surface area contributed by atoms with E-state index in [0.29, 0.717) is 11.8 Å². The van der Waals surface area contributed by atoms with E-state index in [1.807, 2.05) is 0 Å². The van der Waals surface area contributed by atoms with Gasteiger partial charge in [0.1, 0.15) is 5.76 Å². The van der Waals surface area contributed by atoms with E-state index in [-0.39, 0.29) is 5.76 Å². The average Bonchev–Trinajstić information content (AvgIpc) is 2.10. The van der Waals surface area contributed by atoms with Gasteiger partial charge in [0, 0.05) is 0 Å². The van der Waals surface area contributed by atoms with Crippen LogP contribution in [0, 0.1) is 17.8 Å². The quantitative estimate of drug-likeness (QED) is 0.491. The maximum absolute atomic E-state index is 11.8. The molecule has 1 saturated carbocycles. The fourth-order valence-corrected chi connectivity index (χ4v) is 2.00. The number of alkyl halides is 2. The van der Waals surface area contributed by atoms with Crippen molar-refractivity contribution in [3.8, 4) is 0 Å². The summed E-state index contributed by atoms with van der Waals surface area (Å²) in [6, 6.07) is 0. The minimum absolute atomic E-state index is 0.0270. The van der Waals surface area contributed by atoms with Crippen LogP contribution in [0.1, 0.15) is 26.7 Å². The summed E-state index contributed by atoms with van der Waals surface area (Å²) in [4.78, 5) is 0. The molecule has 0 saturated heterocycles. The largest absolute Gasteiger partial charge is 0.435 e. The SMILES string of the molecule is C=C(/C=C\C(=C)C1CC(C(C)C)C1)OC(F)F. The van der Waals surface area contributed by atoms with Gasteiger partial charge in [-0.1, -0.05) is 38.7 Å². The summed E-state index contributed by atoms with van der Waals surface area (Å²) in [5.74, 6) is 1.93. The Hall–Kier alpha value is -1.12. The molecule has 1 nitrogen and oxygen atoms in total. The highest BCUT2D eigenvalue weighted by Gasteiger charge is 2.31. The monoisotopic (exact) mass is 242 g/mol. The van der Waals surface area contributed by atoms with E-state index in [0.717, 1.165) is 24.3 Å². The molecule has 96 valence electrons. The third-order valence-corrected chi connectivity index (χ3v) is 3.37. The van der Waals surface area contributed by atoms with Gasteiger partial charge in [0.15, 0.2) is 0 Å². The zero-order chi connectivity index (χ0) is 13.0. The molecule has 1 aliphatic carbocycles. The number of ether oxygens (including phenoxy) is 1. The van der Waals surface area contributed by atoms with Crippen LogP contribution in [0.2, 0.25) is 0 Å². The van der Waals surface area contributed by atoms with Crippen LogP contribution in [-0.2, 0) is 4.74 Å². The molecule has 0 aromatic heterocycles. The average molecular weight is 242 g/mol. The zero-order valence-electron chi connectivity index (χ0n) is 10.5. The van der Waals surface area contributed by atoms with Gasteiger partial charge in [0.25, 0.3) is 0 Å². The third-order valence-electron chi connectivity index (χ3n) is 3.37. The van der Waals surface area contributed by atoms with Crippen molar-refractivity contribution < 1.29 is 13.5 Å². The second-order valence-electron chi connectivity index (χ2n) is 4.93. The minimum atomic E-state index is -2.81. The molecule has 1 rings (SSSR count). The molecule has 0 heterocycles. The van der Waals surface area contributed by atoms with Crippen molar-refractivity contribution in [2.75, 3.05) is 0 Å². The summed E-state index contributed by atoms with van der Waals surface area (Å²) >= 11 is 0. The predicted octanol–water partition coefficient (Wildman–Crippen LogP) is 4.53. The maximum Gasteiger partial charge on any atom is 0.387 e. The highest BCUT2D eigenvalue weighted by molar-refractivity contribution is 5.25. The topological polar surface area (TPSA) is 9.23 Å². The van der Waals surface area contributed by atoms with Crippen molar-refractivity contribution in [2.45, 2.75) is 33.3 Å². The summed E-state index contributed by atoms with van der Waals surface area (Å²) in [7, 11) is 0. The Morgan fingerprint density at radius 3 is 2.29 bits per heavy atom.